The van der Waals surface area contributed by atoms with Gasteiger partial charge < -0.3 is 14.4 Å². The van der Waals surface area contributed by atoms with Gasteiger partial charge in [-0.15, -0.1) is 0 Å². The molecule has 8 nitrogen and oxygen atoms in total. The van der Waals surface area contributed by atoms with Crippen molar-refractivity contribution in [3.8, 4) is 0 Å². The first-order chi connectivity index (χ1) is 13.8. The fourth-order valence-electron chi connectivity index (χ4n) is 3.20. The maximum Gasteiger partial charge on any atom is 0.406 e. The van der Waals surface area contributed by atoms with Gasteiger partial charge in [-0.25, -0.2) is 15.0 Å². The summed E-state index contributed by atoms with van der Waals surface area (Å²) in [6.07, 6.45) is 2.06. The lowest BCUT2D eigenvalue weighted by Crippen LogP contribution is -2.49. The molecule has 2 aromatic heterocycles. The summed E-state index contributed by atoms with van der Waals surface area (Å²) in [7, 11) is 1.77. The Morgan fingerprint density at radius 2 is 1.79 bits per heavy atom. The number of carbonyl (C=O) groups excluding carboxylic acids is 1. The third kappa shape index (κ3) is 6.14. The largest absolute Gasteiger partial charge is 0.406 e. The number of halogens is 3. The predicted octanol–water partition coefficient (Wildman–Crippen LogP) is 1.41. The van der Waals surface area contributed by atoms with Crippen LogP contribution in [0.15, 0.2) is 30.9 Å². The van der Waals surface area contributed by atoms with Crippen LogP contribution in [0.2, 0.25) is 0 Å². The molecule has 0 unspecified atom stereocenters. The zero-order chi connectivity index (χ0) is 20.9. The lowest BCUT2D eigenvalue weighted by Gasteiger charge is -2.35. The van der Waals surface area contributed by atoms with Crippen LogP contribution in [0.3, 0.4) is 0 Å². The van der Waals surface area contributed by atoms with E-state index in [0.717, 1.165) is 4.57 Å². The Morgan fingerprint density at radius 1 is 1.10 bits per heavy atom. The van der Waals surface area contributed by atoms with Crippen molar-refractivity contribution in [2.45, 2.75) is 25.7 Å². The summed E-state index contributed by atoms with van der Waals surface area (Å²) in [6, 6.07) is 1.76. The summed E-state index contributed by atoms with van der Waals surface area (Å²) in [5, 5.41) is 0. The SMILES string of the molecule is CN(CCC(=O)N1CCN(c2ncccn2)CC1)Cc1nccn1CC(F)(F)F. The van der Waals surface area contributed by atoms with Crippen LogP contribution in [0.25, 0.3) is 0 Å². The number of carbonyl (C=O) groups is 1. The molecule has 1 saturated heterocycles. The lowest BCUT2D eigenvalue weighted by atomic mass is 10.2. The number of nitrogens with zero attached hydrogens (tertiary/aromatic N) is 7. The highest BCUT2D eigenvalue weighted by Crippen LogP contribution is 2.18. The van der Waals surface area contributed by atoms with E-state index in [4.69, 9.17) is 0 Å². The standard InChI is InChI=1S/C18H24F3N7O/c1-25(13-15-22-6-8-28(15)14-18(19,20)21)7-3-16(29)26-9-11-27(12-10-26)17-23-4-2-5-24-17/h2,4-6,8H,3,7,9-14H2,1H3. The van der Waals surface area contributed by atoms with Crippen LogP contribution in [0, 0.1) is 0 Å². The molecule has 11 heteroatoms. The molecule has 0 aromatic carbocycles. The molecule has 3 heterocycles. The van der Waals surface area contributed by atoms with Crippen molar-refractivity contribution in [1.29, 1.82) is 0 Å². The first-order valence-corrected chi connectivity index (χ1v) is 9.37. The normalized spacial score (nSPS) is 15.2. The van der Waals surface area contributed by atoms with Crippen molar-refractivity contribution < 1.29 is 18.0 Å². The van der Waals surface area contributed by atoms with E-state index in [-0.39, 0.29) is 12.5 Å². The monoisotopic (exact) mass is 411 g/mol. The zero-order valence-electron chi connectivity index (χ0n) is 16.2. The fourth-order valence-corrected chi connectivity index (χ4v) is 3.20. The van der Waals surface area contributed by atoms with Crippen molar-refractivity contribution in [1.82, 2.24) is 29.3 Å². The second-order valence-electron chi connectivity index (χ2n) is 6.99. The average Bonchev–Trinajstić information content (AvgIpc) is 3.11. The van der Waals surface area contributed by atoms with Crippen LogP contribution >= 0.6 is 0 Å². The zero-order valence-corrected chi connectivity index (χ0v) is 16.2. The predicted molar refractivity (Wildman–Crippen MR) is 100 cm³/mol. The van der Waals surface area contributed by atoms with Gasteiger partial charge in [0.1, 0.15) is 12.4 Å². The molecule has 0 atom stereocenters. The van der Waals surface area contributed by atoms with Crippen LogP contribution in [-0.2, 0) is 17.9 Å². The second-order valence-corrected chi connectivity index (χ2v) is 6.99. The molecule has 1 aliphatic heterocycles. The molecule has 0 aliphatic carbocycles. The number of alkyl halides is 3. The summed E-state index contributed by atoms with van der Waals surface area (Å²) >= 11 is 0. The van der Waals surface area contributed by atoms with E-state index in [1.54, 1.807) is 35.3 Å². The summed E-state index contributed by atoms with van der Waals surface area (Å²) in [6.45, 7) is 2.15. The number of aromatic nitrogens is 4. The molecule has 0 saturated carbocycles. The molecular weight excluding hydrogens is 387 g/mol. The molecule has 29 heavy (non-hydrogen) atoms. The Labute approximate surface area is 167 Å². The van der Waals surface area contributed by atoms with Gasteiger partial charge >= 0.3 is 6.18 Å². The maximum absolute atomic E-state index is 12.6. The van der Waals surface area contributed by atoms with Gasteiger partial charge in [-0.3, -0.25) is 9.69 Å². The molecule has 0 spiro atoms. The maximum atomic E-state index is 12.6. The second kappa shape index (κ2) is 9.21. The average molecular weight is 411 g/mol. The number of amides is 1. The van der Waals surface area contributed by atoms with Gasteiger partial charge in [0.2, 0.25) is 11.9 Å². The van der Waals surface area contributed by atoms with E-state index < -0.39 is 12.7 Å². The van der Waals surface area contributed by atoms with Gasteiger partial charge in [0.15, 0.2) is 0 Å². The molecule has 158 valence electrons. The van der Waals surface area contributed by atoms with E-state index in [2.05, 4.69) is 15.0 Å². The Hall–Kier alpha value is -2.69. The highest BCUT2D eigenvalue weighted by Gasteiger charge is 2.29. The summed E-state index contributed by atoms with van der Waals surface area (Å²) < 4.78 is 38.9. The lowest BCUT2D eigenvalue weighted by molar-refractivity contribution is -0.141. The fraction of sp³-hybridized carbons (Fsp3) is 0.556. The van der Waals surface area contributed by atoms with Crippen LogP contribution < -0.4 is 4.90 Å². The third-order valence-corrected chi connectivity index (χ3v) is 4.74. The highest BCUT2D eigenvalue weighted by atomic mass is 19.4. The van der Waals surface area contributed by atoms with Crippen molar-refractivity contribution in [2.75, 3.05) is 44.7 Å². The quantitative estimate of drug-likeness (QED) is 0.686. The highest BCUT2D eigenvalue weighted by molar-refractivity contribution is 5.76. The number of anilines is 1. The Kier molecular flexibility index (Phi) is 6.68. The number of hydrogen-bond acceptors (Lipinski definition) is 6. The molecule has 0 N–H and O–H groups in total. The summed E-state index contributed by atoms with van der Waals surface area (Å²) in [4.78, 5) is 30.6. The molecule has 1 aliphatic rings. The molecule has 3 rings (SSSR count). The van der Waals surface area contributed by atoms with E-state index in [1.807, 2.05) is 4.90 Å². The molecule has 0 bridgehead atoms. The molecule has 2 aromatic rings. The summed E-state index contributed by atoms with van der Waals surface area (Å²) in [5.74, 6) is 1.02. The minimum Gasteiger partial charge on any atom is -0.339 e. The van der Waals surface area contributed by atoms with E-state index in [1.165, 1.54) is 12.4 Å². The molecule has 0 radical (unpaired) electrons. The van der Waals surface area contributed by atoms with E-state index >= 15 is 0 Å². The topological polar surface area (TPSA) is 70.4 Å². The van der Waals surface area contributed by atoms with Crippen LogP contribution in [0.5, 0.6) is 0 Å². The van der Waals surface area contributed by atoms with Gasteiger partial charge in [-0.2, -0.15) is 13.2 Å². The van der Waals surface area contributed by atoms with Crippen LogP contribution in [-0.4, -0.2) is 81.2 Å². The number of imidazole rings is 1. The first-order valence-electron chi connectivity index (χ1n) is 9.37. The number of piperazine rings is 1. The first kappa shape index (κ1) is 21.0. The molecular formula is C18H24F3N7O. The Bertz CT molecular complexity index is 788. The number of hydrogen-bond donors (Lipinski definition) is 0. The minimum atomic E-state index is -4.29. The van der Waals surface area contributed by atoms with E-state index in [9.17, 15) is 18.0 Å². The Morgan fingerprint density at radius 3 is 2.45 bits per heavy atom. The van der Waals surface area contributed by atoms with Crippen LogP contribution in [0.4, 0.5) is 19.1 Å². The minimum absolute atomic E-state index is 0.0316. The van der Waals surface area contributed by atoms with Gasteiger partial charge in [0.25, 0.3) is 0 Å². The van der Waals surface area contributed by atoms with Crippen molar-refractivity contribution in [2.24, 2.45) is 0 Å². The smallest absolute Gasteiger partial charge is 0.339 e. The molecule has 1 amide bonds. The van der Waals surface area contributed by atoms with Crippen molar-refractivity contribution >= 4 is 11.9 Å². The van der Waals surface area contributed by atoms with Gasteiger partial charge in [-0.1, -0.05) is 0 Å². The number of rotatable bonds is 7. The summed E-state index contributed by atoms with van der Waals surface area (Å²) in [5.41, 5.74) is 0. The van der Waals surface area contributed by atoms with Crippen LogP contribution in [0.1, 0.15) is 12.2 Å². The van der Waals surface area contributed by atoms with Gasteiger partial charge in [0, 0.05) is 63.9 Å². The Balaban J connectivity index is 1.42. The van der Waals surface area contributed by atoms with Gasteiger partial charge in [-0.05, 0) is 13.1 Å². The third-order valence-electron chi connectivity index (χ3n) is 4.74. The van der Waals surface area contributed by atoms with E-state index in [0.29, 0.717) is 50.9 Å². The van der Waals surface area contributed by atoms with Crippen molar-refractivity contribution in [3.63, 3.8) is 0 Å². The molecule has 1 fully saturated rings. The van der Waals surface area contributed by atoms with Crippen molar-refractivity contribution in [3.05, 3.63) is 36.7 Å². The van der Waals surface area contributed by atoms with Gasteiger partial charge in [0.05, 0.1) is 6.54 Å².